The van der Waals surface area contributed by atoms with Crippen molar-refractivity contribution >= 4 is 48.6 Å². The molecule has 118 valence electrons. The Labute approximate surface area is 141 Å². The minimum absolute atomic E-state index is 0.216. The van der Waals surface area contributed by atoms with Gasteiger partial charge in [-0.3, -0.25) is 10.2 Å². The molecule has 0 unspecified atom stereocenters. The van der Waals surface area contributed by atoms with Gasteiger partial charge in [-0.2, -0.15) is 0 Å². The molecule has 0 bridgehead atoms. The van der Waals surface area contributed by atoms with Crippen LogP contribution in [0.5, 0.6) is 0 Å². The zero-order valence-corrected chi connectivity index (χ0v) is 14.4. The highest BCUT2D eigenvalue weighted by Crippen LogP contribution is 2.28. The molecule has 1 saturated heterocycles. The Hall–Kier alpha value is -1.22. The van der Waals surface area contributed by atoms with Crippen LogP contribution in [0.4, 0.5) is 9.93 Å². The van der Waals surface area contributed by atoms with E-state index in [1.54, 1.807) is 0 Å². The number of benzene rings is 1. The highest BCUT2D eigenvalue weighted by Gasteiger charge is 2.11. The van der Waals surface area contributed by atoms with Crippen LogP contribution >= 0.6 is 27.3 Å². The van der Waals surface area contributed by atoms with E-state index < -0.39 is 0 Å². The molecule has 0 aliphatic carbocycles. The first-order valence-electron chi connectivity index (χ1n) is 7.12. The van der Waals surface area contributed by atoms with Crippen LogP contribution in [0, 0.1) is 0 Å². The molecular weight excluding hydrogens is 368 g/mol. The quantitative estimate of drug-likeness (QED) is 0.849. The van der Waals surface area contributed by atoms with Crippen LogP contribution in [-0.2, 0) is 4.74 Å². The van der Waals surface area contributed by atoms with E-state index in [1.165, 1.54) is 11.3 Å². The Balaban J connectivity index is 1.47. The van der Waals surface area contributed by atoms with Crippen LogP contribution in [0.25, 0.3) is 10.2 Å². The number of hydrogen-bond donors (Lipinski definition) is 2. The van der Waals surface area contributed by atoms with Crippen molar-refractivity contribution in [3.63, 3.8) is 0 Å². The van der Waals surface area contributed by atoms with Gasteiger partial charge in [-0.05, 0) is 18.2 Å². The molecule has 0 spiro atoms. The Bertz CT molecular complexity index is 657. The molecule has 1 aromatic heterocycles. The summed E-state index contributed by atoms with van der Waals surface area (Å²) in [6.45, 7) is 4.85. The van der Waals surface area contributed by atoms with E-state index in [2.05, 4.69) is 36.4 Å². The van der Waals surface area contributed by atoms with Gasteiger partial charge in [0.2, 0.25) is 0 Å². The molecule has 0 radical (unpaired) electrons. The molecular formula is C14H17BrN4O2S. The Morgan fingerprint density at radius 2 is 2.23 bits per heavy atom. The lowest BCUT2D eigenvalue weighted by atomic mass is 10.3. The second kappa shape index (κ2) is 7.36. The summed E-state index contributed by atoms with van der Waals surface area (Å²) in [5, 5.41) is 6.25. The highest BCUT2D eigenvalue weighted by molar-refractivity contribution is 9.10. The van der Waals surface area contributed by atoms with E-state index in [0.29, 0.717) is 11.7 Å². The van der Waals surface area contributed by atoms with Crippen molar-refractivity contribution in [2.45, 2.75) is 0 Å². The predicted molar refractivity (Wildman–Crippen MR) is 91.6 cm³/mol. The molecule has 1 aromatic carbocycles. The lowest BCUT2D eigenvalue weighted by Gasteiger charge is -2.26. The molecule has 2 heterocycles. The van der Waals surface area contributed by atoms with Crippen molar-refractivity contribution in [2.75, 3.05) is 44.7 Å². The van der Waals surface area contributed by atoms with E-state index in [0.717, 1.165) is 47.5 Å². The van der Waals surface area contributed by atoms with E-state index in [-0.39, 0.29) is 6.03 Å². The normalized spacial score (nSPS) is 15.9. The molecule has 1 aliphatic heterocycles. The number of ether oxygens (including phenoxy) is 1. The van der Waals surface area contributed by atoms with Gasteiger partial charge < -0.3 is 10.1 Å². The number of fused-ring (bicyclic) bond motifs is 1. The Morgan fingerprint density at radius 3 is 3.05 bits per heavy atom. The van der Waals surface area contributed by atoms with Gasteiger partial charge in [-0.1, -0.05) is 27.3 Å². The van der Waals surface area contributed by atoms with Crippen molar-refractivity contribution in [3.8, 4) is 0 Å². The fourth-order valence-electron chi connectivity index (χ4n) is 2.25. The standard InChI is InChI=1S/C14H17BrN4O2S/c15-10-1-2-11-12(9-10)22-14(17-11)18-13(20)16-3-4-19-5-7-21-8-6-19/h1-2,9H,3-8H2,(H2,16,17,18,20). The zero-order chi connectivity index (χ0) is 15.4. The fraction of sp³-hybridized carbons (Fsp3) is 0.429. The number of aromatic nitrogens is 1. The maximum Gasteiger partial charge on any atom is 0.321 e. The summed E-state index contributed by atoms with van der Waals surface area (Å²) >= 11 is 4.89. The van der Waals surface area contributed by atoms with Crippen molar-refractivity contribution in [2.24, 2.45) is 0 Å². The lowest BCUT2D eigenvalue weighted by Crippen LogP contribution is -2.42. The van der Waals surface area contributed by atoms with Crippen LogP contribution in [0.1, 0.15) is 0 Å². The minimum atomic E-state index is -0.216. The molecule has 2 amide bonds. The van der Waals surface area contributed by atoms with Gasteiger partial charge in [-0.15, -0.1) is 0 Å². The van der Waals surface area contributed by atoms with Gasteiger partial charge in [0, 0.05) is 30.7 Å². The number of morpholine rings is 1. The van der Waals surface area contributed by atoms with Crippen molar-refractivity contribution in [1.29, 1.82) is 0 Å². The van der Waals surface area contributed by atoms with Crippen molar-refractivity contribution < 1.29 is 9.53 Å². The number of carbonyl (C=O) groups excluding carboxylic acids is 1. The molecule has 1 fully saturated rings. The summed E-state index contributed by atoms with van der Waals surface area (Å²) in [5.74, 6) is 0. The minimum Gasteiger partial charge on any atom is -0.379 e. The molecule has 3 rings (SSSR count). The van der Waals surface area contributed by atoms with Gasteiger partial charge in [0.15, 0.2) is 5.13 Å². The monoisotopic (exact) mass is 384 g/mol. The first-order chi connectivity index (χ1) is 10.7. The SMILES string of the molecule is O=C(NCCN1CCOCC1)Nc1nc2ccc(Br)cc2s1. The van der Waals surface area contributed by atoms with Gasteiger partial charge in [0.1, 0.15) is 0 Å². The molecule has 1 aliphatic rings. The first kappa shape index (κ1) is 15.7. The summed E-state index contributed by atoms with van der Waals surface area (Å²) in [6, 6.07) is 5.64. The summed E-state index contributed by atoms with van der Waals surface area (Å²) in [5.41, 5.74) is 0.886. The average Bonchev–Trinajstić information content (AvgIpc) is 2.89. The number of nitrogens with one attached hydrogen (secondary N) is 2. The third kappa shape index (κ3) is 4.16. The van der Waals surface area contributed by atoms with Crippen molar-refractivity contribution in [1.82, 2.24) is 15.2 Å². The van der Waals surface area contributed by atoms with Gasteiger partial charge in [0.05, 0.1) is 23.4 Å². The smallest absolute Gasteiger partial charge is 0.321 e. The van der Waals surface area contributed by atoms with Crippen LogP contribution in [0.3, 0.4) is 0 Å². The molecule has 2 N–H and O–H groups in total. The number of halogens is 1. The topological polar surface area (TPSA) is 66.5 Å². The average molecular weight is 385 g/mol. The largest absolute Gasteiger partial charge is 0.379 e. The van der Waals surface area contributed by atoms with Crippen LogP contribution in [0.15, 0.2) is 22.7 Å². The number of nitrogens with zero attached hydrogens (tertiary/aromatic N) is 2. The van der Waals surface area contributed by atoms with Gasteiger partial charge in [-0.25, -0.2) is 9.78 Å². The van der Waals surface area contributed by atoms with Crippen molar-refractivity contribution in [3.05, 3.63) is 22.7 Å². The molecule has 2 aromatic rings. The van der Waals surface area contributed by atoms with Crippen LogP contribution < -0.4 is 10.6 Å². The third-order valence-corrected chi connectivity index (χ3v) is 4.82. The maximum absolute atomic E-state index is 11.9. The number of carbonyl (C=O) groups is 1. The number of anilines is 1. The fourth-order valence-corrected chi connectivity index (χ4v) is 3.66. The molecule has 8 heteroatoms. The van der Waals surface area contributed by atoms with Gasteiger partial charge >= 0.3 is 6.03 Å². The first-order valence-corrected chi connectivity index (χ1v) is 8.73. The maximum atomic E-state index is 11.9. The second-order valence-corrected chi connectivity index (χ2v) is 6.91. The molecule has 0 saturated carbocycles. The third-order valence-electron chi connectivity index (χ3n) is 3.39. The van der Waals surface area contributed by atoms with E-state index in [4.69, 9.17) is 4.74 Å². The number of thiazole rings is 1. The number of rotatable bonds is 4. The summed E-state index contributed by atoms with van der Waals surface area (Å²) in [7, 11) is 0. The molecule has 22 heavy (non-hydrogen) atoms. The zero-order valence-electron chi connectivity index (χ0n) is 12.0. The lowest BCUT2D eigenvalue weighted by molar-refractivity contribution is 0.0388. The summed E-state index contributed by atoms with van der Waals surface area (Å²) < 4.78 is 7.34. The number of hydrogen-bond acceptors (Lipinski definition) is 5. The summed E-state index contributed by atoms with van der Waals surface area (Å²) in [4.78, 5) is 18.6. The van der Waals surface area contributed by atoms with E-state index in [9.17, 15) is 4.79 Å². The van der Waals surface area contributed by atoms with E-state index in [1.807, 2.05) is 18.2 Å². The second-order valence-electron chi connectivity index (χ2n) is 4.97. The van der Waals surface area contributed by atoms with Crippen LogP contribution in [0.2, 0.25) is 0 Å². The molecule has 0 atom stereocenters. The van der Waals surface area contributed by atoms with Gasteiger partial charge in [0.25, 0.3) is 0 Å². The highest BCUT2D eigenvalue weighted by atomic mass is 79.9. The van der Waals surface area contributed by atoms with Crippen LogP contribution in [-0.4, -0.2) is 55.3 Å². The summed E-state index contributed by atoms with van der Waals surface area (Å²) in [6.07, 6.45) is 0. The number of amides is 2. The Kier molecular flexibility index (Phi) is 5.24. The predicted octanol–water partition coefficient (Wildman–Crippen LogP) is 2.51. The number of urea groups is 1. The van der Waals surface area contributed by atoms with E-state index >= 15 is 0 Å². The Morgan fingerprint density at radius 1 is 1.41 bits per heavy atom. The molecule has 6 nitrogen and oxygen atoms in total.